The van der Waals surface area contributed by atoms with Gasteiger partial charge in [0.2, 0.25) is 0 Å². The van der Waals surface area contributed by atoms with Crippen molar-refractivity contribution in [2.24, 2.45) is 5.92 Å². The molecular formula is C18H27ClN4O2. The van der Waals surface area contributed by atoms with Crippen molar-refractivity contribution in [1.29, 1.82) is 0 Å². The number of hydrogen-bond donors (Lipinski definition) is 1. The Labute approximate surface area is 155 Å². The van der Waals surface area contributed by atoms with E-state index in [4.69, 9.17) is 9.26 Å². The van der Waals surface area contributed by atoms with E-state index in [2.05, 4.69) is 20.4 Å². The van der Waals surface area contributed by atoms with Crippen LogP contribution in [0.4, 0.5) is 0 Å². The Bertz CT molecular complexity index is 624. The molecule has 0 radical (unpaired) electrons. The minimum atomic E-state index is 0. The van der Waals surface area contributed by atoms with Crippen molar-refractivity contribution in [3.63, 3.8) is 0 Å². The molecule has 1 aromatic carbocycles. The first-order chi connectivity index (χ1) is 11.8. The van der Waals surface area contributed by atoms with Gasteiger partial charge in [-0.25, -0.2) is 0 Å². The summed E-state index contributed by atoms with van der Waals surface area (Å²) in [6, 6.07) is 7.66. The van der Waals surface area contributed by atoms with Gasteiger partial charge in [0.25, 0.3) is 5.89 Å². The fourth-order valence-corrected chi connectivity index (χ4v) is 3.15. The summed E-state index contributed by atoms with van der Waals surface area (Å²) < 4.78 is 10.6. The van der Waals surface area contributed by atoms with E-state index in [1.54, 1.807) is 7.11 Å². The van der Waals surface area contributed by atoms with Gasteiger partial charge in [0.15, 0.2) is 5.82 Å². The molecule has 0 spiro atoms. The Kier molecular flexibility index (Phi) is 7.68. The summed E-state index contributed by atoms with van der Waals surface area (Å²) in [6.45, 7) is 4.10. The van der Waals surface area contributed by atoms with Crippen LogP contribution in [0, 0.1) is 5.92 Å². The Morgan fingerprint density at radius 1 is 1.24 bits per heavy atom. The molecule has 2 aromatic rings. The van der Waals surface area contributed by atoms with Gasteiger partial charge >= 0.3 is 0 Å². The molecule has 1 fully saturated rings. The minimum Gasteiger partial charge on any atom is -0.497 e. The van der Waals surface area contributed by atoms with Gasteiger partial charge in [-0.2, -0.15) is 4.98 Å². The molecular weight excluding hydrogens is 340 g/mol. The van der Waals surface area contributed by atoms with E-state index in [0.29, 0.717) is 5.89 Å². The fourth-order valence-electron chi connectivity index (χ4n) is 3.15. The summed E-state index contributed by atoms with van der Waals surface area (Å²) in [7, 11) is 3.67. The van der Waals surface area contributed by atoms with Gasteiger partial charge in [-0.05, 0) is 76.1 Å². The number of rotatable bonds is 7. The molecule has 0 unspecified atom stereocenters. The average Bonchev–Trinajstić information content (AvgIpc) is 3.10. The third kappa shape index (κ3) is 5.42. The Morgan fingerprint density at radius 2 is 1.96 bits per heavy atom. The largest absolute Gasteiger partial charge is 0.497 e. The summed E-state index contributed by atoms with van der Waals surface area (Å²) in [5.41, 5.74) is 0.917. The molecule has 2 heterocycles. The highest BCUT2D eigenvalue weighted by Gasteiger charge is 2.20. The van der Waals surface area contributed by atoms with Crippen molar-refractivity contribution < 1.29 is 9.26 Å². The molecule has 25 heavy (non-hydrogen) atoms. The third-order valence-electron chi connectivity index (χ3n) is 4.68. The van der Waals surface area contributed by atoms with Crippen molar-refractivity contribution >= 4 is 12.4 Å². The number of aromatic nitrogens is 2. The molecule has 0 atom stereocenters. The van der Waals surface area contributed by atoms with Crippen LogP contribution < -0.4 is 10.1 Å². The maximum absolute atomic E-state index is 5.40. The summed E-state index contributed by atoms with van der Waals surface area (Å²) in [5.74, 6) is 2.99. The highest BCUT2D eigenvalue weighted by Crippen LogP contribution is 2.23. The standard InChI is InChI=1S/C18H26N4O2.ClH/c1-19-10-7-14-8-11-22(12-9-14)13-17-20-18(24-21-17)15-3-5-16(23-2)6-4-15;/h3-6,14,19H,7-13H2,1-2H3;1H. The predicted molar refractivity (Wildman–Crippen MR) is 100 cm³/mol. The first-order valence-corrected chi connectivity index (χ1v) is 8.62. The van der Waals surface area contributed by atoms with Crippen molar-refractivity contribution in [3.05, 3.63) is 30.1 Å². The van der Waals surface area contributed by atoms with E-state index in [1.165, 1.54) is 19.3 Å². The minimum absolute atomic E-state index is 0. The lowest BCUT2D eigenvalue weighted by atomic mass is 9.93. The number of benzene rings is 1. The molecule has 1 aliphatic rings. The van der Waals surface area contributed by atoms with Gasteiger partial charge in [0.05, 0.1) is 13.7 Å². The lowest BCUT2D eigenvalue weighted by molar-refractivity contribution is 0.167. The second kappa shape index (κ2) is 9.75. The number of halogens is 1. The number of ether oxygens (including phenoxy) is 1. The zero-order chi connectivity index (χ0) is 16.8. The lowest BCUT2D eigenvalue weighted by Gasteiger charge is -2.31. The van der Waals surface area contributed by atoms with Crippen molar-refractivity contribution in [3.8, 4) is 17.2 Å². The quantitative estimate of drug-likeness (QED) is 0.812. The van der Waals surface area contributed by atoms with Crippen LogP contribution in [0.3, 0.4) is 0 Å². The second-order valence-electron chi connectivity index (χ2n) is 6.36. The van der Waals surface area contributed by atoms with Crippen LogP contribution in [0.2, 0.25) is 0 Å². The van der Waals surface area contributed by atoms with E-state index in [9.17, 15) is 0 Å². The summed E-state index contributed by atoms with van der Waals surface area (Å²) >= 11 is 0. The predicted octanol–water partition coefficient (Wildman–Crippen LogP) is 2.99. The molecule has 1 aliphatic heterocycles. The maximum Gasteiger partial charge on any atom is 0.257 e. The smallest absolute Gasteiger partial charge is 0.257 e. The zero-order valence-corrected chi connectivity index (χ0v) is 15.7. The van der Waals surface area contributed by atoms with E-state index in [-0.39, 0.29) is 12.4 Å². The molecule has 0 amide bonds. The first-order valence-electron chi connectivity index (χ1n) is 8.62. The van der Waals surface area contributed by atoms with Gasteiger partial charge in [0, 0.05) is 5.56 Å². The van der Waals surface area contributed by atoms with Crippen molar-refractivity contribution in [2.75, 3.05) is 33.8 Å². The summed E-state index contributed by atoms with van der Waals surface area (Å²) in [4.78, 5) is 6.94. The molecule has 138 valence electrons. The van der Waals surface area contributed by atoms with E-state index < -0.39 is 0 Å². The summed E-state index contributed by atoms with van der Waals surface area (Å²) in [5, 5.41) is 7.37. The molecule has 0 aliphatic carbocycles. The molecule has 6 nitrogen and oxygen atoms in total. The average molecular weight is 367 g/mol. The molecule has 0 saturated carbocycles. The number of piperidine rings is 1. The number of methoxy groups -OCH3 is 1. The Hall–Kier alpha value is -1.63. The maximum atomic E-state index is 5.40. The zero-order valence-electron chi connectivity index (χ0n) is 14.9. The molecule has 7 heteroatoms. The fraction of sp³-hybridized carbons (Fsp3) is 0.556. The highest BCUT2D eigenvalue weighted by atomic mass is 35.5. The number of nitrogens with one attached hydrogen (secondary N) is 1. The van der Waals surface area contributed by atoms with Gasteiger partial charge in [-0.1, -0.05) is 5.16 Å². The highest BCUT2D eigenvalue weighted by molar-refractivity contribution is 5.85. The monoisotopic (exact) mass is 366 g/mol. The molecule has 1 N–H and O–H groups in total. The van der Waals surface area contributed by atoms with Crippen molar-refractivity contribution in [1.82, 2.24) is 20.4 Å². The normalized spacial score (nSPS) is 15.8. The Morgan fingerprint density at radius 3 is 2.60 bits per heavy atom. The lowest BCUT2D eigenvalue weighted by Crippen LogP contribution is -2.34. The second-order valence-corrected chi connectivity index (χ2v) is 6.36. The third-order valence-corrected chi connectivity index (χ3v) is 4.68. The molecule has 0 bridgehead atoms. The molecule has 3 rings (SSSR count). The van der Waals surface area contributed by atoms with E-state index >= 15 is 0 Å². The van der Waals surface area contributed by atoms with Gasteiger partial charge in [-0.15, -0.1) is 12.4 Å². The SMILES string of the molecule is CNCCC1CCN(Cc2noc(-c3ccc(OC)cc3)n2)CC1.Cl. The van der Waals surface area contributed by atoms with Gasteiger partial charge in [-0.3, -0.25) is 4.90 Å². The summed E-state index contributed by atoms with van der Waals surface area (Å²) in [6.07, 6.45) is 3.78. The number of hydrogen-bond acceptors (Lipinski definition) is 6. The van der Waals surface area contributed by atoms with E-state index in [1.807, 2.05) is 31.3 Å². The van der Waals surface area contributed by atoms with Crippen LogP contribution in [0.1, 0.15) is 25.1 Å². The van der Waals surface area contributed by atoms with Gasteiger partial charge < -0.3 is 14.6 Å². The van der Waals surface area contributed by atoms with Crippen LogP contribution in [0.5, 0.6) is 5.75 Å². The van der Waals surface area contributed by atoms with Gasteiger partial charge in [0.1, 0.15) is 5.75 Å². The number of nitrogens with zero attached hydrogens (tertiary/aromatic N) is 3. The van der Waals surface area contributed by atoms with Crippen LogP contribution in [0.25, 0.3) is 11.5 Å². The van der Waals surface area contributed by atoms with Crippen molar-refractivity contribution in [2.45, 2.75) is 25.8 Å². The molecule has 1 aromatic heterocycles. The first kappa shape index (κ1) is 19.7. The molecule has 1 saturated heterocycles. The topological polar surface area (TPSA) is 63.4 Å². The van der Waals surface area contributed by atoms with Crippen LogP contribution >= 0.6 is 12.4 Å². The Balaban J connectivity index is 0.00000225. The van der Waals surface area contributed by atoms with Crippen LogP contribution in [0.15, 0.2) is 28.8 Å². The van der Waals surface area contributed by atoms with Crippen LogP contribution in [-0.2, 0) is 6.54 Å². The number of likely N-dealkylation sites (tertiary alicyclic amines) is 1. The van der Waals surface area contributed by atoms with E-state index in [0.717, 1.165) is 49.2 Å². The van der Waals surface area contributed by atoms with Crippen LogP contribution in [-0.4, -0.2) is 48.8 Å².